The van der Waals surface area contributed by atoms with Gasteiger partial charge in [-0.15, -0.1) is 0 Å². The van der Waals surface area contributed by atoms with Crippen LogP contribution >= 0.6 is 0 Å². The molecule has 3 nitrogen and oxygen atoms in total. The van der Waals surface area contributed by atoms with Crippen LogP contribution in [-0.2, 0) is 0 Å². The lowest BCUT2D eigenvalue weighted by Gasteiger charge is -2.42. The van der Waals surface area contributed by atoms with Gasteiger partial charge in [0, 0.05) is 12.6 Å². The minimum Gasteiger partial charge on any atom is -0.388 e. The average Bonchev–Trinajstić information content (AvgIpc) is 2.11. The first-order valence-corrected chi connectivity index (χ1v) is 4.82. The molecule has 1 fully saturated rings. The van der Waals surface area contributed by atoms with Crippen LogP contribution < -0.4 is 0 Å². The summed E-state index contributed by atoms with van der Waals surface area (Å²) in [5.41, 5.74) is -0.763. The van der Waals surface area contributed by atoms with E-state index in [2.05, 4.69) is 24.9 Å². The fraction of sp³-hybridized carbons (Fsp3) is 0.900. The van der Waals surface area contributed by atoms with Gasteiger partial charge in [0.2, 0.25) is 0 Å². The van der Waals surface area contributed by atoms with E-state index in [4.69, 9.17) is 5.26 Å². The van der Waals surface area contributed by atoms with E-state index >= 15 is 0 Å². The Kier molecular flexibility index (Phi) is 2.94. The molecule has 0 aromatic heterocycles. The average molecular weight is 182 g/mol. The van der Waals surface area contributed by atoms with Crippen molar-refractivity contribution in [1.29, 1.82) is 5.26 Å². The topological polar surface area (TPSA) is 47.3 Å². The van der Waals surface area contributed by atoms with Gasteiger partial charge >= 0.3 is 0 Å². The predicted molar refractivity (Wildman–Crippen MR) is 51.1 cm³/mol. The third-order valence-corrected chi connectivity index (χ3v) is 3.30. The summed E-state index contributed by atoms with van der Waals surface area (Å²) in [5.74, 6) is -0.261. The Hall–Kier alpha value is -0.590. The highest BCUT2D eigenvalue weighted by atomic mass is 16.3. The van der Waals surface area contributed by atoms with Gasteiger partial charge in [0.25, 0.3) is 0 Å². The van der Waals surface area contributed by atoms with Gasteiger partial charge in [-0.05, 0) is 33.7 Å². The summed E-state index contributed by atoms with van der Waals surface area (Å²) in [6.07, 6.45) is 1.42. The molecule has 0 aliphatic carbocycles. The first kappa shape index (κ1) is 10.5. The van der Waals surface area contributed by atoms with Gasteiger partial charge in [0.05, 0.1) is 17.6 Å². The summed E-state index contributed by atoms with van der Waals surface area (Å²) in [5, 5.41) is 19.0. The van der Waals surface area contributed by atoms with Crippen molar-refractivity contribution in [2.75, 3.05) is 13.6 Å². The van der Waals surface area contributed by atoms with E-state index in [0.29, 0.717) is 18.9 Å². The van der Waals surface area contributed by atoms with Crippen LogP contribution in [0.3, 0.4) is 0 Å². The molecule has 1 aliphatic heterocycles. The highest BCUT2D eigenvalue weighted by Gasteiger charge is 2.39. The molecule has 1 heterocycles. The molecule has 0 aromatic rings. The first-order valence-electron chi connectivity index (χ1n) is 4.82. The largest absolute Gasteiger partial charge is 0.388 e. The van der Waals surface area contributed by atoms with Crippen LogP contribution in [0.4, 0.5) is 0 Å². The molecule has 3 heteroatoms. The number of nitriles is 1. The summed E-state index contributed by atoms with van der Waals surface area (Å²) in [7, 11) is 2.06. The molecule has 3 atom stereocenters. The van der Waals surface area contributed by atoms with Gasteiger partial charge in [0.1, 0.15) is 0 Å². The zero-order valence-electron chi connectivity index (χ0n) is 8.62. The third kappa shape index (κ3) is 2.01. The molecule has 0 amide bonds. The molecule has 74 valence electrons. The lowest BCUT2D eigenvalue weighted by molar-refractivity contribution is -0.0593. The van der Waals surface area contributed by atoms with Crippen molar-refractivity contribution in [1.82, 2.24) is 4.90 Å². The minimum absolute atomic E-state index is 0.261. The summed E-state index contributed by atoms with van der Waals surface area (Å²) in [6, 6.07) is 2.51. The van der Waals surface area contributed by atoms with Crippen molar-refractivity contribution in [3.05, 3.63) is 0 Å². The molecule has 0 radical (unpaired) electrons. The lowest BCUT2D eigenvalue weighted by Crippen LogP contribution is -2.50. The van der Waals surface area contributed by atoms with Crippen molar-refractivity contribution < 1.29 is 5.11 Å². The molecule has 0 spiro atoms. The third-order valence-electron chi connectivity index (χ3n) is 3.30. The molecule has 1 rings (SSSR count). The van der Waals surface area contributed by atoms with E-state index < -0.39 is 5.60 Å². The minimum atomic E-state index is -0.763. The Balaban J connectivity index is 2.68. The smallest absolute Gasteiger partial charge is 0.0829 e. The fourth-order valence-electron chi connectivity index (χ4n) is 1.87. The van der Waals surface area contributed by atoms with Gasteiger partial charge in [-0.25, -0.2) is 0 Å². The lowest BCUT2D eigenvalue weighted by atomic mass is 9.79. The molecular formula is C10H18N2O. The number of rotatable bonds is 1. The molecule has 13 heavy (non-hydrogen) atoms. The molecule has 1 saturated heterocycles. The Morgan fingerprint density at radius 1 is 1.69 bits per heavy atom. The fourth-order valence-corrected chi connectivity index (χ4v) is 1.87. The zero-order valence-corrected chi connectivity index (χ0v) is 8.62. The van der Waals surface area contributed by atoms with Crippen LogP contribution in [0.15, 0.2) is 0 Å². The quantitative estimate of drug-likeness (QED) is 0.658. The first-order chi connectivity index (χ1) is 5.99. The monoisotopic (exact) mass is 182 g/mol. The molecule has 0 aromatic carbocycles. The number of piperidine rings is 1. The van der Waals surface area contributed by atoms with Gasteiger partial charge in [-0.3, -0.25) is 0 Å². The van der Waals surface area contributed by atoms with Crippen molar-refractivity contribution >= 4 is 0 Å². The van der Waals surface area contributed by atoms with Crippen LogP contribution in [0.2, 0.25) is 0 Å². The Labute approximate surface area is 80.0 Å². The maximum atomic E-state index is 10.2. The van der Waals surface area contributed by atoms with E-state index in [0.717, 1.165) is 6.54 Å². The molecular weight excluding hydrogens is 164 g/mol. The summed E-state index contributed by atoms with van der Waals surface area (Å²) in [6.45, 7) is 4.77. The van der Waals surface area contributed by atoms with E-state index in [9.17, 15) is 5.11 Å². The Morgan fingerprint density at radius 2 is 2.31 bits per heavy atom. The summed E-state index contributed by atoms with van der Waals surface area (Å²) < 4.78 is 0. The highest BCUT2D eigenvalue weighted by molar-refractivity contribution is 5.00. The Bertz CT molecular complexity index is 223. The Morgan fingerprint density at radius 3 is 2.77 bits per heavy atom. The van der Waals surface area contributed by atoms with Crippen molar-refractivity contribution in [2.24, 2.45) is 5.92 Å². The van der Waals surface area contributed by atoms with E-state index in [1.165, 1.54) is 0 Å². The van der Waals surface area contributed by atoms with Gasteiger partial charge in [-0.1, -0.05) is 0 Å². The van der Waals surface area contributed by atoms with Crippen molar-refractivity contribution in [3.8, 4) is 6.07 Å². The van der Waals surface area contributed by atoms with E-state index in [1.807, 2.05) is 0 Å². The zero-order chi connectivity index (χ0) is 10.1. The molecule has 1 aliphatic rings. The SMILES string of the molecule is CC1CC(O)(C(C)C#N)CCN1C. The summed E-state index contributed by atoms with van der Waals surface area (Å²) in [4.78, 5) is 2.22. The van der Waals surface area contributed by atoms with E-state index in [-0.39, 0.29) is 5.92 Å². The normalized spacial score (nSPS) is 38.2. The number of hydrogen-bond acceptors (Lipinski definition) is 3. The van der Waals surface area contributed by atoms with Crippen LogP contribution in [-0.4, -0.2) is 35.2 Å². The van der Waals surface area contributed by atoms with Gasteiger partial charge < -0.3 is 10.0 Å². The molecule has 1 N–H and O–H groups in total. The van der Waals surface area contributed by atoms with Gasteiger partial charge in [-0.2, -0.15) is 5.26 Å². The number of hydrogen-bond donors (Lipinski definition) is 1. The second-order valence-corrected chi connectivity index (χ2v) is 4.24. The van der Waals surface area contributed by atoms with Crippen LogP contribution in [0, 0.1) is 17.2 Å². The maximum absolute atomic E-state index is 10.2. The van der Waals surface area contributed by atoms with Crippen molar-refractivity contribution in [3.63, 3.8) is 0 Å². The number of aliphatic hydroxyl groups is 1. The molecule has 0 bridgehead atoms. The summed E-state index contributed by atoms with van der Waals surface area (Å²) >= 11 is 0. The predicted octanol–water partition coefficient (Wildman–Crippen LogP) is 0.991. The highest BCUT2D eigenvalue weighted by Crippen LogP contribution is 2.31. The standard InChI is InChI=1S/C10H18N2O/c1-8(7-11)10(13)4-5-12(3)9(2)6-10/h8-9,13H,4-6H2,1-3H3. The van der Waals surface area contributed by atoms with Crippen LogP contribution in [0.1, 0.15) is 26.7 Å². The van der Waals surface area contributed by atoms with Crippen LogP contribution in [0.5, 0.6) is 0 Å². The van der Waals surface area contributed by atoms with Crippen molar-refractivity contribution in [2.45, 2.75) is 38.3 Å². The second kappa shape index (κ2) is 3.65. The van der Waals surface area contributed by atoms with Gasteiger partial charge in [0.15, 0.2) is 0 Å². The molecule has 0 saturated carbocycles. The number of likely N-dealkylation sites (tertiary alicyclic amines) is 1. The maximum Gasteiger partial charge on any atom is 0.0829 e. The van der Waals surface area contributed by atoms with E-state index in [1.54, 1.807) is 6.92 Å². The molecule has 3 unspecified atom stereocenters. The second-order valence-electron chi connectivity index (χ2n) is 4.24. The van der Waals surface area contributed by atoms with Crippen LogP contribution in [0.25, 0.3) is 0 Å². The number of nitrogens with zero attached hydrogens (tertiary/aromatic N) is 2.